The summed E-state index contributed by atoms with van der Waals surface area (Å²) in [6, 6.07) is 11.9. The van der Waals surface area contributed by atoms with Crippen molar-refractivity contribution in [3.63, 3.8) is 0 Å². The van der Waals surface area contributed by atoms with Crippen molar-refractivity contribution >= 4 is 0 Å². The second-order valence-electron chi connectivity index (χ2n) is 7.37. The molecule has 1 unspecified atom stereocenters. The van der Waals surface area contributed by atoms with E-state index in [1.54, 1.807) is 0 Å². The van der Waals surface area contributed by atoms with Gasteiger partial charge in [0, 0.05) is 25.2 Å². The van der Waals surface area contributed by atoms with E-state index in [2.05, 4.69) is 37.3 Å². The first kappa shape index (κ1) is 15.1. The second kappa shape index (κ2) is 7.42. The Balaban J connectivity index is 1.40. The molecule has 0 aromatic heterocycles. The molecule has 1 aromatic rings. The summed E-state index contributed by atoms with van der Waals surface area (Å²) in [5, 5.41) is 0. The van der Waals surface area contributed by atoms with Crippen LogP contribution in [-0.2, 0) is 6.42 Å². The van der Waals surface area contributed by atoms with Crippen molar-refractivity contribution in [3.8, 4) is 0 Å². The average Bonchev–Trinajstić information content (AvgIpc) is 2.54. The zero-order valence-electron chi connectivity index (χ0n) is 13.6. The van der Waals surface area contributed by atoms with E-state index in [1.807, 2.05) is 9.80 Å². The second-order valence-corrected chi connectivity index (χ2v) is 7.37. The number of benzene rings is 1. The van der Waals surface area contributed by atoms with Crippen LogP contribution in [0.25, 0.3) is 0 Å². The molecule has 1 aromatic carbocycles. The van der Waals surface area contributed by atoms with Gasteiger partial charge in [-0.05, 0) is 18.4 Å². The molecule has 0 bridgehead atoms. The topological polar surface area (TPSA) is 8.88 Å². The monoisotopic (exact) mass is 288 g/mol. The third-order valence-electron chi connectivity index (χ3n) is 5.69. The number of likely N-dealkylation sites (tertiary alicyclic amines) is 2. The summed E-state index contributed by atoms with van der Waals surface area (Å²) in [6.45, 7) is 9.44. The van der Waals surface area contributed by atoms with Gasteiger partial charge in [-0.25, -0.2) is 0 Å². The van der Waals surface area contributed by atoms with Crippen LogP contribution in [0.1, 0.15) is 38.2 Å². The molecule has 2 fully saturated rings. The Bertz CT molecular complexity index is 409. The summed E-state index contributed by atoms with van der Waals surface area (Å²) in [6.07, 6.45) is 7.06. The summed E-state index contributed by atoms with van der Waals surface area (Å²) in [5.41, 5.74) is 1.50. The van der Waals surface area contributed by atoms with Crippen molar-refractivity contribution in [3.05, 3.63) is 35.9 Å². The number of quaternary nitrogens is 2. The van der Waals surface area contributed by atoms with E-state index in [4.69, 9.17) is 0 Å². The first-order valence-corrected chi connectivity index (χ1v) is 9.03. The largest absolute Gasteiger partial charge is 0.334 e. The minimum absolute atomic E-state index is 0.956. The lowest BCUT2D eigenvalue weighted by molar-refractivity contribution is -0.962. The van der Waals surface area contributed by atoms with Crippen LogP contribution in [0.4, 0.5) is 0 Å². The van der Waals surface area contributed by atoms with Gasteiger partial charge in [-0.3, -0.25) is 0 Å². The highest BCUT2D eigenvalue weighted by atomic mass is 15.2. The molecule has 2 saturated heterocycles. The van der Waals surface area contributed by atoms with Gasteiger partial charge in [-0.2, -0.15) is 0 Å². The Morgan fingerprint density at radius 1 is 1.00 bits per heavy atom. The van der Waals surface area contributed by atoms with Gasteiger partial charge in [0.1, 0.15) is 0 Å². The van der Waals surface area contributed by atoms with Crippen LogP contribution in [0, 0.1) is 5.92 Å². The predicted octanol–water partition coefficient (Wildman–Crippen LogP) is 0.591. The van der Waals surface area contributed by atoms with E-state index in [0.29, 0.717) is 0 Å². The number of rotatable bonds is 4. The van der Waals surface area contributed by atoms with Crippen LogP contribution in [0.15, 0.2) is 30.3 Å². The molecule has 0 spiro atoms. The molecule has 116 valence electrons. The highest BCUT2D eigenvalue weighted by molar-refractivity contribution is 5.14. The fourth-order valence-electron chi connectivity index (χ4n) is 4.35. The fourth-order valence-corrected chi connectivity index (χ4v) is 4.35. The summed E-state index contributed by atoms with van der Waals surface area (Å²) < 4.78 is 0. The first-order chi connectivity index (χ1) is 10.3. The van der Waals surface area contributed by atoms with Crippen LogP contribution < -0.4 is 9.80 Å². The maximum Gasteiger partial charge on any atom is 0.0983 e. The Morgan fingerprint density at radius 2 is 1.76 bits per heavy atom. The van der Waals surface area contributed by atoms with E-state index in [9.17, 15) is 0 Å². The molecule has 2 nitrogen and oxygen atoms in total. The number of hydrogen-bond donors (Lipinski definition) is 2. The molecule has 3 rings (SSSR count). The van der Waals surface area contributed by atoms with Gasteiger partial charge in [0.05, 0.1) is 38.8 Å². The molecule has 2 atom stereocenters. The minimum Gasteiger partial charge on any atom is -0.334 e. The lowest BCUT2D eigenvalue weighted by atomic mass is 9.95. The van der Waals surface area contributed by atoms with Gasteiger partial charge in [-0.1, -0.05) is 37.3 Å². The first-order valence-electron chi connectivity index (χ1n) is 9.03. The van der Waals surface area contributed by atoms with Gasteiger partial charge >= 0.3 is 0 Å². The molecular formula is C19H32N2+2. The van der Waals surface area contributed by atoms with Crippen LogP contribution in [0.5, 0.6) is 0 Å². The van der Waals surface area contributed by atoms with E-state index < -0.39 is 0 Å². The summed E-state index contributed by atoms with van der Waals surface area (Å²) in [7, 11) is 0. The van der Waals surface area contributed by atoms with Gasteiger partial charge in [0.15, 0.2) is 0 Å². The Hall–Kier alpha value is -0.860. The molecule has 0 aliphatic carbocycles. The van der Waals surface area contributed by atoms with Gasteiger partial charge in [0.2, 0.25) is 0 Å². The normalized spacial score (nSPS) is 33.8. The van der Waals surface area contributed by atoms with Gasteiger partial charge in [0.25, 0.3) is 0 Å². The Morgan fingerprint density at radius 3 is 2.48 bits per heavy atom. The SMILES string of the molecule is C[C@@H]1CCC[NH+](C2CC[NH+](CCc3ccccc3)CC2)C1. The summed E-state index contributed by atoms with van der Waals surface area (Å²) in [4.78, 5) is 3.76. The molecule has 0 amide bonds. The van der Waals surface area contributed by atoms with Crippen molar-refractivity contribution < 1.29 is 9.80 Å². The van der Waals surface area contributed by atoms with Crippen LogP contribution in [0.2, 0.25) is 0 Å². The minimum atomic E-state index is 0.956. The van der Waals surface area contributed by atoms with Crippen molar-refractivity contribution in [2.45, 2.75) is 45.1 Å². The average molecular weight is 288 g/mol. The predicted molar refractivity (Wildman–Crippen MR) is 87.8 cm³/mol. The fraction of sp³-hybridized carbons (Fsp3) is 0.684. The van der Waals surface area contributed by atoms with E-state index in [0.717, 1.165) is 12.0 Å². The Kier molecular flexibility index (Phi) is 5.32. The van der Waals surface area contributed by atoms with E-state index in [-0.39, 0.29) is 0 Å². The zero-order valence-corrected chi connectivity index (χ0v) is 13.6. The van der Waals surface area contributed by atoms with Crippen molar-refractivity contribution in [1.82, 2.24) is 0 Å². The zero-order chi connectivity index (χ0) is 14.5. The standard InChI is InChI=1S/C19H30N2/c1-17-6-5-12-21(16-17)19-10-14-20(15-11-19)13-9-18-7-3-2-4-8-18/h2-4,7-8,17,19H,5-6,9-16H2,1H3/p+2/t17-/m1/s1. The molecule has 2 aliphatic heterocycles. The number of nitrogens with one attached hydrogen (secondary N) is 2. The van der Waals surface area contributed by atoms with Crippen molar-refractivity contribution in [2.24, 2.45) is 5.92 Å². The van der Waals surface area contributed by atoms with Gasteiger partial charge < -0.3 is 9.80 Å². The molecule has 0 saturated carbocycles. The lowest BCUT2D eigenvalue weighted by Crippen LogP contribution is -3.21. The highest BCUT2D eigenvalue weighted by Crippen LogP contribution is 2.07. The number of piperidine rings is 2. The quantitative estimate of drug-likeness (QED) is 0.802. The molecular weight excluding hydrogens is 256 g/mol. The third kappa shape index (κ3) is 4.31. The molecule has 2 heterocycles. The number of hydrogen-bond acceptors (Lipinski definition) is 0. The maximum absolute atomic E-state index is 2.44. The molecule has 2 aliphatic rings. The van der Waals surface area contributed by atoms with Crippen molar-refractivity contribution in [1.29, 1.82) is 0 Å². The summed E-state index contributed by atoms with van der Waals surface area (Å²) in [5.74, 6) is 0.956. The molecule has 2 heteroatoms. The molecule has 2 N–H and O–H groups in total. The van der Waals surface area contributed by atoms with E-state index >= 15 is 0 Å². The lowest BCUT2D eigenvalue weighted by Gasteiger charge is -2.37. The Labute approximate surface area is 130 Å². The maximum atomic E-state index is 2.44. The molecule has 0 radical (unpaired) electrons. The highest BCUT2D eigenvalue weighted by Gasteiger charge is 2.32. The van der Waals surface area contributed by atoms with Crippen molar-refractivity contribution in [2.75, 3.05) is 32.7 Å². The van der Waals surface area contributed by atoms with E-state index in [1.165, 1.54) is 70.4 Å². The summed E-state index contributed by atoms with van der Waals surface area (Å²) >= 11 is 0. The van der Waals surface area contributed by atoms with Gasteiger partial charge in [-0.15, -0.1) is 0 Å². The van der Waals surface area contributed by atoms with Crippen LogP contribution in [-0.4, -0.2) is 38.8 Å². The molecule has 21 heavy (non-hydrogen) atoms. The third-order valence-corrected chi connectivity index (χ3v) is 5.69. The van der Waals surface area contributed by atoms with Crippen LogP contribution >= 0.6 is 0 Å². The van der Waals surface area contributed by atoms with Crippen LogP contribution in [0.3, 0.4) is 0 Å². The smallest absolute Gasteiger partial charge is 0.0983 e.